The number of amides is 4. The van der Waals surface area contributed by atoms with Gasteiger partial charge in [-0.2, -0.15) is 0 Å². The minimum Gasteiger partial charge on any atom is -0.454 e. The first-order valence-electron chi connectivity index (χ1n) is 11.5. The summed E-state index contributed by atoms with van der Waals surface area (Å²) >= 11 is 0. The van der Waals surface area contributed by atoms with E-state index in [1.165, 1.54) is 6.92 Å². The van der Waals surface area contributed by atoms with E-state index in [0.717, 1.165) is 16.9 Å². The normalized spacial score (nSPS) is 24.5. The van der Waals surface area contributed by atoms with Gasteiger partial charge in [-0.1, -0.05) is 51.1 Å². The summed E-state index contributed by atoms with van der Waals surface area (Å²) in [6.45, 7) is 6.35. The number of imide groups is 1. The standard InChI is InChI=1S/C25H33N3O6/c1-16-11-24(3,4)15-25(12-16)22(32)28(23(33)27-25)13-21(31)34-14-20(30)26-19(17(2)29)10-18-8-6-5-7-9-18/h5-9,16,19H,10-15H2,1-4H3,(H,26,30)(H,27,33). The molecule has 1 spiro atoms. The van der Waals surface area contributed by atoms with Gasteiger partial charge in [0.2, 0.25) is 0 Å². The van der Waals surface area contributed by atoms with E-state index < -0.39 is 48.5 Å². The van der Waals surface area contributed by atoms with Crippen molar-refractivity contribution < 1.29 is 28.7 Å². The van der Waals surface area contributed by atoms with E-state index >= 15 is 0 Å². The molecule has 2 N–H and O–H groups in total. The number of nitrogens with one attached hydrogen (secondary N) is 2. The zero-order valence-corrected chi connectivity index (χ0v) is 20.2. The Balaban J connectivity index is 1.53. The molecule has 34 heavy (non-hydrogen) atoms. The molecule has 0 radical (unpaired) electrons. The summed E-state index contributed by atoms with van der Waals surface area (Å²) < 4.78 is 4.99. The molecular formula is C25H33N3O6. The average Bonchev–Trinajstić information content (AvgIpc) is 2.94. The number of ether oxygens (including phenoxy) is 1. The maximum absolute atomic E-state index is 13.1. The highest BCUT2D eigenvalue weighted by molar-refractivity contribution is 6.08. The SMILES string of the molecule is CC(=O)C(Cc1ccccc1)NC(=O)COC(=O)CN1C(=O)NC2(CC(C)CC(C)(C)C2)C1=O. The lowest BCUT2D eigenvalue weighted by Gasteiger charge is -2.43. The molecule has 1 saturated carbocycles. The molecule has 1 saturated heterocycles. The highest BCUT2D eigenvalue weighted by Crippen LogP contribution is 2.46. The van der Waals surface area contributed by atoms with Gasteiger partial charge in [-0.3, -0.25) is 24.1 Å². The van der Waals surface area contributed by atoms with Crippen LogP contribution in [0.3, 0.4) is 0 Å². The molecule has 184 valence electrons. The summed E-state index contributed by atoms with van der Waals surface area (Å²) in [4.78, 5) is 63.0. The van der Waals surface area contributed by atoms with Crippen molar-refractivity contribution in [2.75, 3.05) is 13.2 Å². The first-order chi connectivity index (χ1) is 15.9. The van der Waals surface area contributed by atoms with Gasteiger partial charge in [0.15, 0.2) is 12.4 Å². The van der Waals surface area contributed by atoms with E-state index in [9.17, 15) is 24.0 Å². The summed E-state index contributed by atoms with van der Waals surface area (Å²) in [5.74, 6) is -1.92. The van der Waals surface area contributed by atoms with Gasteiger partial charge in [0.1, 0.15) is 12.1 Å². The van der Waals surface area contributed by atoms with Crippen LogP contribution in [0, 0.1) is 11.3 Å². The molecule has 9 nitrogen and oxygen atoms in total. The van der Waals surface area contributed by atoms with Crippen molar-refractivity contribution in [2.45, 2.75) is 65.0 Å². The van der Waals surface area contributed by atoms with Crippen molar-refractivity contribution in [2.24, 2.45) is 11.3 Å². The minimum atomic E-state index is -1.01. The highest BCUT2D eigenvalue weighted by Gasteiger charge is 2.56. The number of nitrogens with zero attached hydrogens (tertiary/aromatic N) is 1. The van der Waals surface area contributed by atoms with Crippen molar-refractivity contribution in [3.8, 4) is 0 Å². The summed E-state index contributed by atoms with van der Waals surface area (Å²) in [5, 5.41) is 5.37. The molecule has 2 aliphatic rings. The number of benzene rings is 1. The zero-order chi connectivity index (χ0) is 25.1. The van der Waals surface area contributed by atoms with E-state index in [1.54, 1.807) is 0 Å². The fourth-order valence-electron chi connectivity index (χ4n) is 5.35. The maximum atomic E-state index is 13.1. The Kier molecular flexibility index (Phi) is 7.43. The Morgan fingerprint density at radius 3 is 2.47 bits per heavy atom. The van der Waals surface area contributed by atoms with E-state index in [2.05, 4.69) is 24.5 Å². The topological polar surface area (TPSA) is 122 Å². The van der Waals surface area contributed by atoms with Gasteiger partial charge in [-0.15, -0.1) is 0 Å². The number of carbonyl (C=O) groups excluding carboxylic acids is 5. The summed E-state index contributed by atoms with van der Waals surface area (Å²) in [7, 11) is 0. The Morgan fingerprint density at radius 1 is 1.18 bits per heavy atom. The second-order valence-electron chi connectivity index (χ2n) is 10.3. The van der Waals surface area contributed by atoms with Gasteiger partial charge in [0, 0.05) is 0 Å². The summed E-state index contributed by atoms with van der Waals surface area (Å²) in [6.07, 6.45) is 2.27. The van der Waals surface area contributed by atoms with Crippen LogP contribution in [0.5, 0.6) is 0 Å². The van der Waals surface area contributed by atoms with Crippen molar-refractivity contribution in [3.05, 3.63) is 35.9 Å². The number of urea groups is 1. The molecule has 1 aromatic carbocycles. The predicted octanol–water partition coefficient (Wildman–Crippen LogP) is 1.98. The Labute approximate surface area is 199 Å². The Hall–Kier alpha value is -3.23. The van der Waals surface area contributed by atoms with Gasteiger partial charge in [0.05, 0.1) is 6.04 Å². The first-order valence-corrected chi connectivity index (χ1v) is 11.5. The Morgan fingerprint density at radius 2 is 1.85 bits per heavy atom. The lowest BCUT2D eigenvalue weighted by molar-refractivity contribution is -0.151. The summed E-state index contributed by atoms with van der Waals surface area (Å²) in [6, 6.07) is 7.85. The van der Waals surface area contributed by atoms with Crippen molar-refractivity contribution >= 4 is 29.6 Å². The third kappa shape index (κ3) is 6.01. The first kappa shape index (κ1) is 25.4. The zero-order valence-electron chi connectivity index (χ0n) is 20.2. The molecule has 1 heterocycles. The number of hydrogen-bond acceptors (Lipinski definition) is 6. The van der Waals surface area contributed by atoms with Crippen LogP contribution < -0.4 is 10.6 Å². The third-order valence-electron chi connectivity index (χ3n) is 6.38. The van der Waals surface area contributed by atoms with E-state index in [4.69, 9.17) is 4.74 Å². The van der Waals surface area contributed by atoms with Gasteiger partial charge in [0.25, 0.3) is 11.8 Å². The number of carbonyl (C=O) groups is 5. The van der Waals surface area contributed by atoms with Crippen LogP contribution in [-0.4, -0.2) is 59.2 Å². The Bertz CT molecular complexity index is 976. The molecule has 0 bridgehead atoms. The van der Waals surface area contributed by atoms with Crippen LogP contribution in [0.4, 0.5) is 4.79 Å². The van der Waals surface area contributed by atoms with E-state index in [1.807, 2.05) is 37.3 Å². The molecule has 0 aromatic heterocycles. The summed E-state index contributed by atoms with van der Waals surface area (Å²) in [5.41, 5.74) is -0.253. The van der Waals surface area contributed by atoms with Crippen LogP contribution in [0.25, 0.3) is 0 Å². The van der Waals surface area contributed by atoms with Crippen molar-refractivity contribution in [3.63, 3.8) is 0 Å². The van der Waals surface area contributed by atoms with Crippen LogP contribution in [-0.2, 0) is 30.3 Å². The number of esters is 1. The maximum Gasteiger partial charge on any atom is 0.326 e. The molecule has 1 aliphatic heterocycles. The van der Waals surface area contributed by atoms with Crippen molar-refractivity contribution in [1.82, 2.24) is 15.5 Å². The minimum absolute atomic E-state index is 0.123. The number of ketones is 1. The second kappa shape index (κ2) is 9.95. The van der Waals surface area contributed by atoms with Crippen LogP contribution in [0.2, 0.25) is 0 Å². The third-order valence-corrected chi connectivity index (χ3v) is 6.38. The predicted molar refractivity (Wildman–Crippen MR) is 123 cm³/mol. The lowest BCUT2D eigenvalue weighted by atomic mass is 9.64. The monoisotopic (exact) mass is 471 g/mol. The highest BCUT2D eigenvalue weighted by atomic mass is 16.5. The molecule has 4 amide bonds. The smallest absolute Gasteiger partial charge is 0.326 e. The number of hydrogen-bond donors (Lipinski definition) is 2. The van der Waals surface area contributed by atoms with Gasteiger partial charge in [-0.25, -0.2) is 4.79 Å². The van der Waals surface area contributed by atoms with E-state index in [-0.39, 0.29) is 17.1 Å². The molecule has 3 atom stereocenters. The van der Waals surface area contributed by atoms with Gasteiger partial charge >= 0.3 is 12.0 Å². The molecule has 3 rings (SSSR count). The molecule has 9 heteroatoms. The van der Waals surface area contributed by atoms with Gasteiger partial charge < -0.3 is 15.4 Å². The van der Waals surface area contributed by atoms with Crippen molar-refractivity contribution in [1.29, 1.82) is 0 Å². The fourth-order valence-corrected chi connectivity index (χ4v) is 5.35. The largest absolute Gasteiger partial charge is 0.454 e. The van der Waals surface area contributed by atoms with Gasteiger partial charge in [-0.05, 0) is 49.5 Å². The van der Waals surface area contributed by atoms with Crippen LogP contribution in [0.15, 0.2) is 30.3 Å². The van der Waals surface area contributed by atoms with Crippen LogP contribution in [0.1, 0.15) is 52.5 Å². The lowest BCUT2D eigenvalue weighted by Crippen LogP contribution is -2.54. The molecular weight excluding hydrogens is 438 g/mol. The molecule has 3 unspecified atom stereocenters. The quantitative estimate of drug-likeness (QED) is 0.442. The molecule has 2 fully saturated rings. The fraction of sp³-hybridized carbons (Fsp3) is 0.560. The van der Waals surface area contributed by atoms with E-state index in [0.29, 0.717) is 19.3 Å². The number of Topliss-reactive ketones (excluding diaryl/α,β-unsaturated/α-hetero) is 1. The number of rotatable bonds is 8. The molecule has 1 aromatic rings. The second-order valence-corrected chi connectivity index (χ2v) is 10.3. The van der Waals surface area contributed by atoms with Crippen LogP contribution >= 0.6 is 0 Å². The average molecular weight is 472 g/mol. The molecule has 1 aliphatic carbocycles.